The summed E-state index contributed by atoms with van der Waals surface area (Å²) >= 11 is 6.79. The molecule has 0 amide bonds. The normalized spacial score (nSPS) is 19.8. The third kappa shape index (κ3) is 3.88. The van der Waals surface area contributed by atoms with Gasteiger partial charge >= 0.3 is 0 Å². The van der Waals surface area contributed by atoms with E-state index in [0.29, 0.717) is 16.9 Å². The number of para-hydroxylation sites is 1. The zero-order valence-electron chi connectivity index (χ0n) is 19.7. The van der Waals surface area contributed by atoms with Gasteiger partial charge in [0.25, 0.3) is 0 Å². The first-order chi connectivity index (χ1) is 17.7. The van der Waals surface area contributed by atoms with Crippen molar-refractivity contribution < 1.29 is 4.74 Å². The van der Waals surface area contributed by atoms with Crippen LogP contribution in [0.3, 0.4) is 0 Å². The summed E-state index contributed by atoms with van der Waals surface area (Å²) in [4.78, 5) is 16.2. The number of aromatic nitrogens is 5. The zero-order valence-corrected chi connectivity index (χ0v) is 20.5. The number of ether oxygens (including phenoxy) is 1. The Morgan fingerprint density at radius 1 is 1.03 bits per heavy atom. The molecule has 7 rings (SSSR count). The highest BCUT2D eigenvalue weighted by Crippen LogP contribution is 2.42. The molecule has 0 unspecified atom stereocenters. The van der Waals surface area contributed by atoms with Gasteiger partial charge in [-0.05, 0) is 68.6 Å². The number of fused-ring (bicyclic) bond motifs is 2. The van der Waals surface area contributed by atoms with Crippen molar-refractivity contribution in [3.05, 3.63) is 72.1 Å². The van der Waals surface area contributed by atoms with E-state index in [0.717, 1.165) is 57.7 Å². The molecule has 2 aromatic carbocycles. The van der Waals surface area contributed by atoms with Crippen LogP contribution in [0.1, 0.15) is 25.3 Å². The van der Waals surface area contributed by atoms with Gasteiger partial charge < -0.3 is 9.64 Å². The molecular weight excluding hydrogens is 472 g/mol. The van der Waals surface area contributed by atoms with E-state index < -0.39 is 0 Å². The molecule has 0 bridgehead atoms. The second-order valence-corrected chi connectivity index (χ2v) is 10.2. The van der Waals surface area contributed by atoms with Crippen molar-refractivity contribution in [2.45, 2.75) is 25.3 Å². The Hall–Kier alpha value is -3.55. The maximum Gasteiger partial charge on any atom is 0.219 e. The summed E-state index contributed by atoms with van der Waals surface area (Å²) in [7, 11) is 0. The van der Waals surface area contributed by atoms with Gasteiger partial charge in [0, 0.05) is 29.8 Å². The van der Waals surface area contributed by atoms with E-state index in [2.05, 4.69) is 19.5 Å². The number of rotatable bonds is 6. The van der Waals surface area contributed by atoms with Crippen molar-refractivity contribution in [3.8, 4) is 22.9 Å². The molecular formula is C28H25ClN6O. The lowest BCUT2D eigenvalue weighted by Crippen LogP contribution is -2.44. The molecule has 0 atom stereocenters. The minimum atomic E-state index is 0.352. The van der Waals surface area contributed by atoms with Crippen LogP contribution in [0.2, 0.25) is 5.02 Å². The predicted molar refractivity (Wildman–Crippen MR) is 140 cm³/mol. The van der Waals surface area contributed by atoms with Crippen molar-refractivity contribution in [3.63, 3.8) is 0 Å². The highest BCUT2D eigenvalue weighted by atomic mass is 35.5. The standard InChI is InChI=1S/C28H25ClN6O/c29-24-13-19-7-8-26(36-21-5-2-1-3-6-21)32-25(19)14-22(24)27-23-15-30-17-31-28(23)35(33-27)20-11-18(12-20)16-34-9-4-10-34/h1-3,5-8,13-15,17-18,20H,4,9-12,16H2. The van der Waals surface area contributed by atoms with Crippen molar-refractivity contribution in [1.82, 2.24) is 29.6 Å². The smallest absolute Gasteiger partial charge is 0.219 e. The zero-order chi connectivity index (χ0) is 24.1. The first-order valence-corrected chi connectivity index (χ1v) is 12.8. The first-order valence-electron chi connectivity index (χ1n) is 12.5. The molecule has 1 saturated carbocycles. The van der Waals surface area contributed by atoms with Crippen LogP contribution in [0.4, 0.5) is 0 Å². The topological polar surface area (TPSA) is 69.0 Å². The molecule has 2 fully saturated rings. The molecule has 2 aliphatic rings. The molecule has 36 heavy (non-hydrogen) atoms. The van der Waals surface area contributed by atoms with Crippen LogP contribution in [0, 0.1) is 5.92 Å². The van der Waals surface area contributed by atoms with E-state index in [1.165, 1.54) is 26.1 Å². The number of pyridine rings is 1. The third-order valence-electron chi connectivity index (χ3n) is 7.37. The molecule has 8 heteroatoms. The maximum atomic E-state index is 6.79. The van der Waals surface area contributed by atoms with Gasteiger partial charge in [-0.15, -0.1) is 0 Å². The quantitative estimate of drug-likeness (QED) is 0.281. The van der Waals surface area contributed by atoms with E-state index in [4.69, 9.17) is 26.4 Å². The van der Waals surface area contributed by atoms with Crippen LogP contribution in [-0.2, 0) is 0 Å². The van der Waals surface area contributed by atoms with E-state index in [1.807, 2.05) is 60.8 Å². The summed E-state index contributed by atoms with van der Waals surface area (Å²) in [6.07, 6.45) is 7.02. The van der Waals surface area contributed by atoms with Crippen LogP contribution in [-0.4, -0.2) is 49.3 Å². The van der Waals surface area contributed by atoms with Crippen molar-refractivity contribution in [1.29, 1.82) is 0 Å². The number of benzene rings is 2. The minimum Gasteiger partial charge on any atom is -0.439 e. The Morgan fingerprint density at radius 2 is 1.89 bits per heavy atom. The molecule has 7 nitrogen and oxygen atoms in total. The van der Waals surface area contributed by atoms with E-state index >= 15 is 0 Å². The molecule has 180 valence electrons. The fourth-order valence-electron chi connectivity index (χ4n) is 5.29. The lowest BCUT2D eigenvalue weighted by molar-refractivity contribution is 0.0880. The number of halogens is 1. The monoisotopic (exact) mass is 496 g/mol. The van der Waals surface area contributed by atoms with Crippen LogP contribution in [0.15, 0.2) is 67.1 Å². The summed E-state index contributed by atoms with van der Waals surface area (Å²) in [6, 6.07) is 17.8. The number of nitrogens with zero attached hydrogens (tertiary/aromatic N) is 6. The largest absolute Gasteiger partial charge is 0.439 e. The van der Waals surface area contributed by atoms with Crippen molar-refractivity contribution >= 4 is 33.5 Å². The fraction of sp³-hybridized carbons (Fsp3) is 0.286. The van der Waals surface area contributed by atoms with Crippen LogP contribution in [0.5, 0.6) is 11.6 Å². The Labute approximate surface area is 213 Å². The van der Waals surface area contributed by atoms with Gasteiger partial charge in [-0.3, -0.25) is 0 Å². The second kappa shape index (κ2) is 8.84. The van der Waals surface area contributed by atoms with Crippen LogP contribution in [0.25, 0.3) is 33.2 Å². The van der Waals surface area contributed by atoms with Crippen molar-refractivity contribution in [2.75, 3.05) is 19.6 Å². The number of hydrogen-bond donors (Lipinski definition) is 0. The summed E-state index contributed by atoms with van der Waals surface area (Å²) in [5, 5.41) is 7.52. The summed E-state index contributed by atoms with van der Waals surface area (Å²) in [6.45, 7) is 3.69. The molecule has 5 aromatic rings. The van der Waals surface area contributed by atoms with Gasteiger partial charge in [-0.2, -0.15) is 5.10 Å². The van der Waals surface area contributed by atoms with E-state index in [-0.39, 0.29) is 0 Å². The summed E-state index contributed by atoms with van der Waals surface area (Å²) in [5.74, 6) is 2.01. The first kappa shape index (κ1) is 21.7. The fourth-order valence-corrected chi connectivity index (χ4v) is 5.55. The Balaban J connectivity index is 1.23. The highest BCUT2D eigenvalue weighted by Gasteiger charge is 2.35. The Bertz CT molecular complexity index is 1560. The highest BCUT2D eigenvalue weighted by molar-refractivity contribution is 6.34. The lowest BCUT2D eigenvalue weighted by Gasteiger charge is -2.41. The second-order valence-electron chi connectivity index (χ2n) is 9.79. The average molecular weight is 497 g/mol. The predicted octanol–water partition coefficient (Wildman–Crippen LogP) is 6.14. The van der Waals surface area contributed by atoms with Gasteiger partial charge in [-0.1, -0.05) is 29.8 Å². The van der Waals surface area contributed by atoms with Gasteiger partial charge in [0.15, 0.2) is 5.65 Å². The average Bonchev–Trinajstić information content (AvgIpc) is 3.21. The van der Waals surface area contributed by atoms with Gasteiger partial charge in [0.05, 0.1) is 22.0 Å². The van der Waals surface area contributed by atoms with Crippen LogP contribution < -0.4 is 4.74 Å². The molecule has 0 N–H and O–H groups in total. The number of hydrogen-bond acceptors (Lipinski definition) is 6. The molecule has 1 aliphatic heterocycles. The third-order valence-corrected chi connectivity index (χ3v) is 7.68. The van der Waals surface area contributed by atoms with Crippen molar-refractivity contribution in [2.24, 2.45) is 5.92 Å². The molecule has 4 heterocycles. The minimum absolute atomic E-state index is 0.352. The number of likely N-dealkylation sites (tertiary alicyclic amines) is 1. The summed E-state index contributed by atoms with van der Waals surface area (Å²) < 4.78 is 8.04. The molecule has 0 spiro atoms. The maximum absolute atomic E-state index is 6.79. The molecule has 0 radical (unpaired) electrons. The molecule has 3 aromatic heterocycles. The Morgan fingerprint density at radius 3 is 2.69 bits per heavy atom. The van der Waals surface area contributed by atoms with E-state index in [1.54, 1.807) is 6.33 Å². The summed E-state index contributed by atoms with van der Waals surface area (Å²) in [5.41, 5.74) is 3.27. The molecule has 1 saturated heterocycles. The lowest BCUT2D eigenvalue weighted by atomic mass is 9.79. The van der Waals surface area contributed by atoms with Gasteiger partial charge in [0.1, 0.15) is 17.8 Å². The SMILES string of the molecule is Clc1cc2ccc(Oc3ccccc3)nc2cc1-c1nn(C2CC(CN3CCC3)C2)c2ncncc12. The Kier molecular flexibility index (Phi) is 5.33. The van der Waals surface area contributed by atoms with Gasteiger partial charge in [0.2, 0.25) is 5.88 Å². The van der Waals surface area contributed by atoms with Crippen LogP contribution >= 0.6 is 11.6 Å². The van der Waals surface area contributed by atoms with Gasteiger partial charge in [-0.25, -0.2) is 19.6 Å². The molecule has 1 aliphatic carbocycles. The van der Waals surface area contributed by atoms with E-state index in [9.17, 15) is 0 Å².